The minimum atomic E-state index is 0.0206. The largest absolute Gasteiger partial charge is 0.393 e. The molecule has 6 heteroatoms. The highest BCUT2D eigenvalue weighted by Crippen LogP contribution is 2.26. The lowest BCUT2D eigenvalue weighted by Crippen LogP contribution is -2.09. The van der Waals surface area contributed by atoms with Crippen LogP contribution in [0.25, 0.3) is 0 Å². The van der Waals surface area contributed by atoms with Crippen molar-refractivity contribution in [2.24, 2.45) is 0 Å². The predicted molar refractivity (Wildman–Crippen MR) is 85.2 cm³/mol. The zero-order valence-corrected chi connectivity index (χ0v) is 12.9. The van der Waals surface area contributed by atoms with Crippen molar-refractivity contribution in [1.29, 1.82) is 0 Å². The molecule has 0 radical (unpaired) electrons. The monoisotopic (exact) mass is 306 g/mol. The molecule has 0 spiro atoms. The number of halogens is 1. The Labute approximate surface area is 129 Å². The summed E-state index contributed by atoms with van der Waals surface area (Å²) in [6.45, 7) is 4.56. The van der Waals surface area contributed by atoms with Crippen LogP contribution in [0, 0.1) is 0 Å². The molecule has 0 fully saturated rings. The van der Waals surface area contributed by atoms with E-state index in [2.05, 4.69) is 15.3 Å². The fourth-order valence-electron chi connectivity index (χ4n) is 1.87. The zero-order valence-electron chi connectivity index (χ0n) is 12.1. The topological polar surface area (TPSA) is 84.1 Å². The molecule has 0 atom stereocenters. The van der Waals surface area contributed by atoms with Gasteiger partial charge in [0.25, 0.3) is 0 Å². The first kappa shape index (κ1) is 15.5. The smallest absolute Gasteiger partial charge is 0.157 e. The first-order valence-electron chi connectivity index (χ1n) is 6.76. The highest BCUT2D eigenvalue weighted by Gasteiger charge is 2.12. The molecule has 21 heavy (non-hydrogen) atoms. The molecule has 0 bridgehead atoms. The summed E-state index contributed by atoms with van der Waals surface area (Å²) in [5, 5.41) is 12.6. The SMILES string of the molecule is CC(C)c1nc(Cl)c(N)c(NCc2cccc(CO)c2)n1. The van der Waals surface area contributed by atoms with E-state index in [-0.39, 0.29) is 17.7 Å². The Morgan fingerprint density at radius 3 is 2.67 bits per heavy atom. The molecule has 1 aromatic heterocycles. The van der Waals surface area contributed by atoms with Gasteiger partial charge in [-0.3, -0.25) is 0 Å². The van der Waals surface area contributed by atoms with E-state index in [0.29, 0.717) is 23.9 Å². The first-order valence-corrected chi connectivity index (χ1v) is 7.14. The van der Waals surface area contributed by atoms with E-state index in [1.165, 1.54) is 0 Å². The van der Waals surface area contributed by atoms with Crippen molar-refractivity contribution in [3.8, 4) is 0 Å². The van der Waals surface area contributed by atoms with Crippen molar-refractivity contribution >= 4 is 23.1 Å². The predicted octanol–water partition coefficient (Wildman–Crippen LogP) is 2.94. The van der Waals surface area contributed by atoms with E-state index in [9.17, 15) is 0 Å². The number of hydrogen-bond acceptors (Lipinski definition) is 5. The molecule has 5 nitrogen and oxygen atoms in total. The molecule has 0 aliphatic rings. The maximum atomic E-state index is 9.15. The molecule has 1 heterocycles. The summed E-state index contributed by atoms with van der Waals surface area (Å²) in [6, 6.07) is 7.67. The number of nitrogens with two attached hydrogens (primary N) is 1. The van der Waals surface area contributed by atoms with Gasteiger partial charge in [-0.1, -0.05) is 49.7 Å². The summed E-state index contributed by atoms with van der Waals surface area (Å²) in [6.07, 6.45) is 0. The third-order valence-electron chi connectivity index (χ3n) is 3.07. The summed E-state index contributed by atoms with van der Waals surface area (Å²) < 4.78 is 0. The van der Waals surface area contributed by atoms with Crippen molar-refractivity contribution < 1.29 is 5.11 Å². The van der Waals surface area contributed by atoms with Crippen molar-refractivity contribution in [3.05, 3.63) is 46.4 Å². The number of benzene rings is 1. The van der Waals surface area contributed by atoms with Gasteiger partial charge in [0.15, 0.2) is 11.0 Å². The second-order valence-electron chi connectivity index (χ2n) is 5.12. The number of hydrogen-bond donors (Lipinski definition) is 3. The summed E-state index contributed by atoms with van der Waals surface area (Å²) in [4.78, 5) is 8.58. The van der Waals surface area contributed by atoms with Crippen LogP contribution in [0.15, 0.2) is 24.3 Å². The van der Waals surface area contributed by atoms with Gasteiger partial charge in [-0.2, -0.15) is 0 Å². The van der Waals surface area contributed by atoms with Gasteiger partial charge in [0.1, 0.15) is 11.5 Å². The van der Waals surface area contributed by atoms with Crippen LogP contribution in [0.4, 0.5) is 11.5 Å². The number of rotatable bonds is 5. The van der Waals surface area contributed by atoms with Crippen molar-refractivity contribution in [3.63, 3.8) is 0 Å². The average molecular weight is 307 g/mol. The minimum Gasteiger partial charge on any atom is -0.393 e. The maximum Gasteiger partial charge on any atom is 0.157 e. The lowest BCUT2D eigenvalue weighted by Gasteiger charge is -2.13. The van der Waals surface area contributed by atoms with E-state index in [1.54, 1.807) is 0 Å². The summed E-state index contributed by atoms with van der Waals surface area (Å²) in [5.41, 5.74) is 8.16. The summed E-state index contributed by atoms with van der Waals surface area (Å²) in [5.74, 6) is 1.36. The van der Waals surface area contributed by atoms with Crippen molar-refractivity contribution in [2.75, 3.05) is 11.1 Å². The molecule has 112 valence electrons. The van der Waals surface area contributed by atoms with Gasteiger partial charge in [-0.25, -0.2) is 9.97 Å². The molecule has 1 aromatic carbocycles. The number of nitrogens with zero attached hydrogens (tertiary/aromatic N) is 2. The van der Waals surface area contributed by atoms with Gasteiger partial charge in [-0.15, -0.1) is 0 Å². The average Bonchev–Trinajstić information content (AvgIpc) is 2.48. The molecule has 0 amide bonds. The van der Waals surface area contributed by atoms with Crippen molar-refractivity contribution in [1.82, 2.24) is 9.97 Å². The molecule has 4 N–H and O–H groups in total. The van der Waals surface area contributed by atoms with Crippen LogP contribution in [0.3, 0.4) is 0 Å². The van der Waals surface area contributed by atoms with Gasteiger partial charge < -0.3 is 16.2 Å². The molecule has 0 saturated heterocycles. The van der Waals surface area contributed by atoms with E-state index >= 15 is 0 Å². The number of aromatic nitrogens is 2. The molecular weight excluding hydrogens is 288 g/mol. The Hall–Kier alpha value is -1.85. The fraction of sp³-hybridized carbons (Fsp3) is 0.333. The summed E-state index contributed by atoms with van der Waals surface area (Å²) >= 11 is 6.04. The number of aliphatic hydroxyl groups is 1. The van der Waals surface area contributed by atoms with E-state index in [0.717, 1.165) is 11.1 Å². The van der Waals surface area contributed by atoms with Crippen LogP contribution < -0.4 is 11.1 Å². The standard InChI is InChI=1S/C15H19ClN4O/c1-9(2)14-19-13(16)12(17)15(20-14)18-7-10-4-3-5-11(6-10)8-21/h3-6,9,21H,7-8,17H2,1-2H3,(H,18,19,20). The van der Waals surface area contributed by atoms with E-state index in [4.69, 9.17) is 22.4 Å². The lowest BCUT2D eigenvalue weighted by atomic mass is 10.1. The fourth-order valence-corrected chi connectivity index (χ4v) is 2.05. The molecule has 0 aliphatic heterocycles. The Morgan fingerprint density at radius 2 is 2.00 bits per heavy atom. The number of nitrogens with one attached hydrogen (secondary N) is 1. The Bertz CT molecular complexity index is 631. The third-order valence-corrected chi connectivity index (χ3v) is 3.35. The highest BCUT2D eigenvalue weighted by atomic mass is 35.5. The van der Waals surface area contributed by atoms with Crippen LogP contribution in [0.1, 0.15) is 36.7 Å². The van der Waals surface area contributed by atoms with Gasteiger partial charge in [0.2, 0.25) is 0 Å². The molecular formula is C15H19ClN4O. The second-order valence-corrected chi connectivity index (χ2v) is 5.48. The summed E-state index contributed by atoms with van der Waals surface area (Å²) in [7, 11) is 0. The lowest BCUT2D eigenvalue weighted by molar-refractivity contribution is 0.281. The van der Waals surface area contributed by atoms with Gasteiger partial charge in [0.05, 0.1) is 6.61 Å². The van der Waals surface area contributed by atoms with Gasteiger partial charge >= 0.3 is 0 Å². The molecule has 0 saturated carbocycles. The highest BCUT2D eigenvalue weighted by molar-refractivity contribution is 6.32. The maximum absolute atomic E-state index is 9.15. The van der Waals surface area contributed by atoms with Crippen LogP contribution in [-0.2, 0) is 13.2 Å². The van der Waals surface area contributed by atoms with Crippen LogP contribution in [0.5, 0.6) is 0 Å². The van der Waals surface area contributed by atoms with E-state index in [1.807, 2.05) is 38.1 Å². The number of anilines is 2. The number of aliphatic hydroxyl groups excluding tert-OH is 1. The Kier molecular flexibility index (Phi) is 4.98. The number of nitrogen functional groups attached to an aromatic ring is 1. The van der Waals surface area contributed by atoms with E-state index < -0.39 is 0 Å². The normalized spacial score (nSPS) is 10.9. The van der Waals surface area contributed by atoms with Gasteiger partial charge in [-0.05, 0) is 11.1 Å². The second kappa shape index (κ2) is 6.74. The quantitative estimate of drug-likeness (QED) is 0.740. The molecule has 2 aromatic rings. The van der Waals surface area contributed by atoms with Gasteiger partial charge in [0, 0.05) is 12.5 Å². The molecule has 0 unspecified atom stereocenters. The first-order chi connectivity index (χ1) is 10.0. The Morgan fingerprint density at radius 1 is 1.29 bits per heavy atom. The van der Waals surface area contributed by atoms with Crippen LogP contribution in [-0.4, -0.2) is 15.1 Å². The molecule has 2 rings (SSSR count). The van der Waals surface area contributed by atoms with Crippen LogP contribution >= 0.6 is 11.6 Å². The third kappa shape index (κ3) is 3.83. The van der Waals surface area contributed by atoms with Crippen molar-refractivity contribution in [2.45, 2.75) is 32.9 Å². The molecule has 0 aliphatic carbocycles. The van der Waals surface area contributed by atoms with Crippen LogP contribution in [0.2, 0.25) is 5.15 Å². The minimum absolute atomic E-state index is 0.0206. The zero-order chi connectivity index (χ0) is 15.4. The Balaban J connectivity index is 2.19.